The summed E-state index contributed by atoms with van der Waals surface area (Å²) < 4.78 is 73.4. The quantitative estimate of drug-likeness (QED) is 0.544. The van der Waals surface area contributed by atoms with Gasteiger partial charge in [-0.15, -0.1) is 0 Å². The zero-order valence-corrected chi connectivity index (χ0v) is 7.58. The molecule has 0 aliphatic heterocycles. The van der Waals surface area contributed by atoms with Crippen LogP contribution < -0.4 is 11.5 Å². The van der Waals surface area contributed by atoms with Crippen LogP contribution in [0.25, 0.3) is 0 Å². The van der Waals surface area contributed by atoms with Crippen molar-refractivity contribution in [3.63, 3.8) is 0 Å². The first-order valence-corrected chi connectivity index (χ1v) is 3.87. The molecule has 0 radical (unpaired) electrons. The molecule has 2 nitrogen and oxygen atoms in total. The van der Waals surface area contributed by atoms with Crippen molar-refractivity contribution in [2.75, 3.05) is 11.5 Å². The van der Waals surface area contributed by atoms with E-state index in [1.807, 2.05) is 0 Å². The standard InChI is InChI=1S/C8H6F6N2/c9-7(10,11)3-1-5(15)4(2-6(3)16)8(12,13)14/h1-2H,15-16H2. The van der Waals surface area contributed by atoms with E-state index in [4.69, 9.17) is 11.5 Å². The third-order valence-electron chi connectivity index (χ3n) is 1.83. The van der Waals surface area contributed by atoms with Gasteiger partial charge in [0.1, 0.15) is 0 Å². The molecule has 1 aromatic rings. The fourth-order valence-electron chi connectivity index (χ4n) is 1.12. The molecule has 0 spiro atoms. The molecule has 0 aliphatic rings. The number of halogens is 6. The lowest BCUT2D eigenvalue weighted by atomic mass is 10.1. The molecular formula is C8H6F6N2. The highest BCUT2D eigenvalue weighted by Gasteiger charge is 2.38. The van der Waals surface area contributed by atoms with Gasteiger partial charge in [-0.05, 0) is 12.1 Å². The Bertz CT molecular complexity index is 366. The van der Waals surface area contributed by atoms with E-state index in [9.17, 15) is 26.3 Å². The second kappa shape index (κ2) is 3.46. The van der Waals surface area contributed by atoms with Crippen LogP contribution in [0.3, 0.4) is 0 Å². The summed E-state index contributed by atoms with van der Waals surface area (Å²) in [6, 6.07) is 0.357. The maximum absolute atomic E-state index is 12.2. The maximum Gasteiger partial charge on any atom is 0.418 e. The Kier molecular flexibility index (Phi) is 2.70. The Morgan fingerprint density at radius 3 is 1.12 bits per heavy atom. The Morgan fingerprint density at radius 1 is 0.688 bits per heavy atom. The molecule has 0 saturated heterocycles. The van der Waals surface area contributed by atoms with Crippen LogP contribution in [0, 0.1) is 0 Å². The minimum atomic E-state index is -4.83. The van der Waals surface area contributed by atoms with Gasteiger partial charge in [0.2, 0.25) is 0 Å². The average molecular weight is 244 g/mol. The van der Waals surface area contributed by atoms with Crippen molar-refractivity contribution in [3.05, 3.63) is 23.3 Å². The topological polar surface area (TPSA) is 52.0 Å². The van der Waals surface area contributed by atoms with Gasteiger partial charge in [-0.25, -0.2) is 0 Å². The first-order valence-electron chi connectivity index (χ1n) is 3.87. The molecule has 0 aromatic heterocycles. The van der Waals surface area contributed by atoms with E-state index in [0.717, 1.165) is 0 Å². The second-order valence-electron chi connectivity index (χ2n) is 3.02. The number of anilines is 2. The zero-order chi connectivity index (χ0) is 12.7. The van der Waals surface area contributed by atoms with Crippen molar-refractivity contribution >= 4 is 11.4 Å². The van der Waals surface area contributed by atoms with Gasteiger partial charge in [-0.2, -0.15) is 26.3 Å². The third kappa shape index (κ3) is 2.31. The van der Waals surface area contributed by atoms with Crippen molar-refractivity contribution < 1.29 is 26.3 Å². The summed E-state index contributed by atoms with van der Waals surface area (Å²) >= 11 is 0. The van der Waals surface area contributed by atoms with Gasteiger partial charge in [0.25, 0.3) is 0 Å². The number of benzene rings is 1. The predicted octanol–water partition coefficient (Wildman–Crippen LogP) is 2.89. The number of hydrogen-bond acceptors (Lipinski definition) is 2. The highest BCUT2D eigenvalue weighted by atomic mass is 19.4. The van der Waals surface area contributed by atoms with E-state index in [0.29, 0.717) is 0 Å². The summed E-state index contributed by atoms with van der Waals surface area (Å²) in [5, 5.41) is 0. The van der Waals surface area contributed by atoms with Gasteiger partial charge in [0.05, 0.1) is 11.1 Å². The first-order chi connectivity index (χ1) is 7.03. The summed E-state index contributed by atoms with van der Waals surface area (Å²) in [6.45, 7) is 0. The lowest BCUT2D eigenvalue weighted by Gasteiger charge is -2.15. The van der Waals surface area contributed by atoms with Crippen LogP contribution in [0.4, 0.5) is 37.7 Å². The fourth-order valence-corrected chi connectivity index (χ4v) is 1.12. The smallest absolute Gasteiger partial charge is 0.398 e. The summed E-state index contributed by atoms with van der Waals surface area (Å²) in [6.07, 6.45) is -9.66. The molecule has 4 N–H and O–H groups in total. The van der Waals surface area contributed by atoms with Gasteiger partial charge in [0, 0.05) is 11.4 Å². The largest absolute Gasteiger partial charge is 0.418 e. The van der Waals surface area contributed by atoms with Crippen LogP contribution in [0.5, 0.6) is 0 Å². The Labute approximate surface area is 85.8 Å². The first kappa shape index (κ1) is 12.5. The van der Waals surface area contributed by atoms with Crippen molar-refractivity contribution in [1.82, 2.24) is 0 Å². The summed E-state index contributed by atoms with van der Waals surface area (Å²) in [7, 11) is 0. The lowest BCUT2D eigenvalue weighted by Crippen LogP contribution is -2.15. The molecule has 0 unspecified atom stereocenters. The molecule has 0 aliphatic carbocycles. The summed E-state index contributed by atoms with van der Waals surface area (Å²) in [5.74, 6) is 0. The third-order valence-corrected chi connectivity index (χ3v) is 1.83. The lowest BCUT2D eigenvalue weighted by molar-refractivity contribution is -0.140. The van der Waals surface area contributed by atoms with Gasteiger partial charge in [0.15, 0.2) is 0 Å². The molecule has 0 heterocycles. The minimum absolute atomic E-state index is 0.179. The van der Waals surface area contributed by atoms with Crippen LogP contribution in [-0.2, 0) is 12.4 Å². The normalized spacial score (nSPS) is 12.9. The number of nitrogen functional groups attached to an aromatic ring is 2. The Hall–Kier alpha value is -1.60. The molecule has 90 valence electrons. The monoisotopic (exact) mass is 244 g/mol. The Morgan fingerprint density at radius 2 is 0.938 bits per heavy atom. The van der Waals surface area contributed by atoms with Crippen LogP contribution >= 0.6 is 0 Å². The molecule has 0 atom stereocenters. The van der Waals surface area contributed by atoms with Crippen molar-refractivity contribution in [2.45, 2.75) is 12.4 Å². The molecule has 0 saturated carbocycles. The van der Waals surface area contributed by atoms with Gasteiger partial charge < -0.3 is 11.5 Å². The molecule has 16 heavy (non-hydrogen) atoms. The fraction of sp³-hybridized carbons (Fsp3) is 0.250. The highest BCUT2D eigenvalue weighted by molar-refractivity contribution is 5.62. The van der Waals surface area contributed by atoms with Crippen LogP contribution in [-0.4, -0.2) is 0 Å². The molecule has 0 amide bonds. The van der Waals surface area contributed by atoms with Crippen molar-refractivity contribution in [3.8, 4) is 0 Å². The van der Waals surface area contributed by atoms with E-state index < -0.39 is 34.9 Å². The molecule has 1 rings (SSSR count). The molecule has 0 fully saturated rings. The summed E-state index contributed by atoms with van der Waals surface area (Å²) in [5.41, 5.74) is 5.03. The second-order valence-corrected chi connectivity index (χ2v) is 3.02. The number of alkyl halides is 6. The zero-order valence-electron chi connectivity index (χ0n) is 7.58. The SMILES string of the molecule is Nc1cc(C(F)(F)F)c(N)cc1C(F)(F)F. The van der Waals surface area contributed by atoms with E-state index in [1.165, 1.54) is 0 Å². The van der Waals surface area contributed by atoms with E-state index in [2.05, 4.69) is 0 Å². The van der Waals surface area contributed by atoms with Crippen molar-refractivity contribution in [1.29, 1.82) is 0 Å². The Balaban J connectivity index is 3.40. The minimum Gasteiger partial charge on any atom is -0.398 e. The van der Waals surface area contributed by atoms with Crippen LogP contribution in [0.2, 0.25) is 0 Å². The van der Waals surface area contributed by atoms with Gasteiger partial charge >= 0.3 is 12.4 Å². The van der Waals surface area contributed by atoms with Crippen molar-refractivity contribution in [2.24, 2.45) is 0 Å². The predicted molar refractivity (Wildman–Crippen MR) is 45.3 cm³/mol. The number of nitrogens with two attached hydrogens (primary N) is 2. The van der Waals surface area contributed by atoms with Gasteiger partial charge in [-0.1, -0.05) is 0 Å². The number of rotatable bonds is 0. The van der Waals surface area contributed by atoms with Crippen LogP contribution in [0.1, 0.15) is 11.1 Å². The summed E-state index contributed by atoms with van der Waals surface area (Å²) in [4.78, 5) is 0. The molecule has 0 bridgehead atoms. The van der Waals surface area contributed by atoms with E-state index >= 15 is 0 Å². The molecule has 1 aromatic carbocycles. The van der Waals surface area contributed by atoms with E-state index in [1.54, 1.807) is 0 Å². The van der Waals surface area contributed by atoms with Gasteiger partial charge in [-0.3, -0.25) is 0 Å². The molecular weight excluding hydrogens is 238 g/mol. The maximum atomic E-state index is 12.2. The van der Waals surface area contributed by atoms with E-state index in [-0.39, 0.29) is 12.1 Å². The highest BCUT2D eigenvalue weighted by Crippen LogP contribution is 2.40. The van der Waals surface area contributed by atoms with Crippen LogP contribution in [0.15, 0.2) is 12.1 Å². The number of hydrogen-bond donors (Lipinski definition) is 2. The molecule has 8 heteroatoms. The average Bonchev–Trinajstić information content (AvgIpc) is 2.04.